The van der Waals surface area contributed by atoms with Crippen molar-refractivity contribution in [2.45, 2.75) is 13.2 Å². The minimum Gasteiger partial charge on any atom is -0.296 e. The summed E-state index contributed by atoms with van der Waals surface area (Å²) in [6.07, 6.45) is 3.54. The molecule has 2 aromatic rings. The molecule has 1 aliphatic heterocycles. The second-order valence-electron chi connectivity index (χ2n) is 4.94. The summed E-state index contributed by atoms with van der Waals surface area (Å²) < 4.78 is 2.76. The quantitative estimate of drug-likeness (QED) is 0.861. The van der Waals surface area contributed by atoms with Crippen molar-refractivity contribution in [3.63, 3.8) is 0 Å². The van der Waals surface area contributed by atoms with Gasteiger partial charge in [0.25, 0.3) is 0 Å². The largest absolute Gasteiger partial charge is 0.296 e. The molecular weight excluding hydrogens is 315 g/mol. The van der Waals surface area contributed by atoms with E-state index in [1.165, 1.54) is 4.88 Å². The topological polar surface area (TPSA) is 24.3 Å². The van der Waals surface area contributed by atoms with E-state index in [-0.39, 0.29) is 0 Å². The van der Waals surface area contributed by atoms with E-state index in [9.17, 15) is 0 Å². The van der Waals surface area contributed by atoms with Crippen molar-refractivity contribution in [1.82, 2.24) is 19.6 Å². The monoisotopic (exact) mass is 330 g/mol. The summed E-state index contributed by atoms with van der Waals surface area (Å²) in [5, 5.41) is 4.91. The Morgan fingerprint density at radius 2 is 1.85 bits per heavy atom. The third-order valence-electron chi connectivity index (χ3n) is 3.42. The zero-order valence-corrected chi connectivity index (χ0v) is 13.3. The van der Waals surface area contributed by atoms with Crippen molar-refractivity contribution in [3.8, 4) is 0 Å². The van der Waals surface area contributed by atoms with Crippen molar-refractivity contribution < 1.29 is 0 Å². The Morgan fingerprint density at radius 1 is 1.10 bits per heavy atom. The van der Waals surface area contributed by atoms with Crippen LogP contribution in [-0.4, -0.2) is 45.8 Å². The van der Waals surface area contributed by atoms with Crippen LogP contribution < -0.4 is 0 Å². The highest BCUT2D eigenvalue weighted by molar-refractivity contribution is 7.16. The van der Waals surface area contributed by atoms with E-state index in [0.29, 0.717) is 5.02 Å². The molecule has 1 saturated heterocycles. The number of halogens is 2. The highest BCUT2D eigenvalue weighted by Gasteiger charge is 2.17. The summed E-state index contributed by atoms with van der Waals surface area (Å²) in [6, 6.07) is 4.09. The number of hydrogen-bond acceptors (Lipinski definition) is 4. The summed E-state index contributed by atoms with van der Waals surface area (Å²) >= 11 is 13.5. The average Bonchev–Trinajstić information content (AvgIpc) is 3.01. The van der Waals surface area contributed by atoms with Crippen LogP contribution in [-0.2, 0) is 13.2 Å². The van der Waals surface area contributed by atoms with Gasteiger partial charge in [0.1, 0.15) is 0 Å². The van der Waals surface area contributed by atoms with Crippen molar-refractivity contribution in [2.24, 2.45) is 0 Å². The van der Waals surface area contributed by atoms with Crippen LogP contribution in [0, 0.1) is 0 Å². The predicted molar refractivity (Wildman–Crippen MR) is 83.4 cm³/mol. The number of piperazine rings is 1. The molecule has 3 rings (SSSR count). The number of thiophene rings is 1. The number of nitrogens with zero attached hydrogens (tertiary/aromatic N) is 4. The number of aromatic nitrogens is 2. The summed E-state index contributed by atoms with van der Waals surface area (Å²) in [6.45, 7) is 6.06. The van der Waals surface area contributed by atoms with Gasteiger partial charge >= 0.3 is 0 Å². The Bertz CT molecular complexity index is 510. The van der Waals surface area contributed by atoms with Crippen molar-refractivity contribution in [2.75, 3.05) is 26.2 Å². The molecule has 0 aromatic carbocycles. The second-order valence-corrected chi connectivity index (χ2v) is 7.18. The molecule has 7 heteroatoms. The first-order chi connectivity index (χ1) is 9.69. The van der Waals surface area contributed by atoms with Crippen molar-refractivity contribution in [1.29, 1.82) is 0 Å². The smallest absolute Gasteiger partial charge is 0.0931 e. The van der Waals surface area contributed by atoms with Gasteiger partial charge in [0.2, 0.25) is 0 Å². The molecule has 0 amide bonds. The lowest BCUT2D eigenvalue weighted by Gasteiger charge is -2.34. The molecule has 108 valence electrons. The van der Waals surface area contributed by atoms with Gasteiger partial charge in [0.05, 0.1) is 22.2 Å². The van der Waals surface area contributed by atoms with Gasteiger partial charge in [-0.05, 0) is 12.1 Å². The molecular formula is C13H16Cl2N4S. The minimum atomic E-state index is 0.693. The van der Waals surface area contributed by atoms with Gasteiger partial charge in [-0.15, -0.1) is 11.3 Å². The molecule has 0 atom stereocenters. The maximum atomic E-state index is 5.96. The zero-order valence-electron chi connectivity index (χ0n) is 11.0. The Morgan fingerprint density at radius 3 is 2.45 bits per heavy atom. The van der Waals surface area contributed by atoms with E-state index in [1.807, 2.05) is 16.9 Å². The lowest BCUT2D eigenvalue weighted by Crippen LogP contribution is -2.46. The van der Waals surface area contributed by atoms with Crippen LogP contribution in [0.2, 0.25) is 9.36 Å². The van der Waals surface area contributed by atoms with Crippen LogP contribution in [0.3, 0.4) is 0 Å². The SMILES string of the molecule is Clc1cnn(CN2CCN(Cc3ccc(Cl)s3)CC2)c1. The van der Waals surface area contributed by atoms with Gasteiger partial charge in [-0.25, -0.2) is 0 Å². The molecule has 0 saturated carbocycles. The molecule has 0 spiro atoms. The summed E-state index contributed by atoms with van der Waals surface area (Å²) in [4.78, 5) is 6.19. The van der Waals surface area contributed by atoms with Crippen LogP contribution in [0.1, 0.15) is 4.88 Å². The van der Waals surface area contributed by atoms with Gasteiger partial charge < -0.3 is 0 Å². The minimum absolute atomic E-state index is 0.693. The van der Waals surface area contributed by atoms with E-state index >= 15 is 0 Å². The average molecular weight is 331 g/mol. The lowest BCUT2D eigenvalue weighted by atomic mass is 10.3. The standard InChI is InChI=1S/C13H16Cl2N4S/c14-11-7-16-19(8-11)10-18-5-3-17(4-6-18)9-12-1-2-13(15)20-12/h1-2,7-8H,3-6,9-10H2. The summed E-state index contributed by atoms with van der Waals surface area (Å²) in [7, 11) is 0. The number of hydrogen-bond donors (Lipinski definition) is 0. The first-order valence-electron chi connectivity index (χ1n) is 6.56. The third kappa shape index (κ3) is 3.74. The lowest BCUT2D eigenvalue weighted by molar-refractivity contribution is 0.0994. The molecule has 1 aliphatic rings. The third-order valence-corrected chi connectivity index (χ3v) is 4.83. The summed E-state index contributed by atoms with van der Waals surface area (Å²) in [5.74, 6) is 0. The molecule has 0 N–H and O–H groups in total. The Labute approximate surface area is 132 Å². The fourth-order valence-corrected chi connectivity index (χ4v) is 3.65. The molecule has 0 radical (unpaired) electrons. The molecule has 1 fully saturated rings. The normalized spacial score (nSPS) is 17.7. The van der Waals surface area contributed by atoms with Crippen LogP contribution in [0.5, 0.6) is 0 Å². The van der Waals surface area contributed by atoms with Crippen LogP contribution in [0.15, 0.2) is 24.5 Å². The van der Waals surface area contributed by atoms with E-state index in [2.05, 4.69) is 21.0 Å². The van der Waals surface area contributed by atoms with Crippen molar-refractivity contribution >= 4 is 34.5 Å². The van der Waals surface area contributed by atoms with Gasteiger partial charge in [-0.2, -0.15) is 5.10 Å². The Hall–Kier alpha value is -0.590. The molecule has 3 heterocycles. The van der Waals surface area contributed by atoms with Crippen LogP contribution in [0.25, 0.3) is 0 Å². The molecule has 0 unspecified atom stereocenters. The summed E-state index contributed by atoms with van der Waals surface area (Å²) in [5.41, 5.74) is 0. The Balaban J connectivity index is 1.47. The molecule has 2 aromatic heterocycles. The number of rotatable bonds is 4. The second kappa shape index (κ2) is 6.45. The van der Waals surface area contributed by atoms with E-state index in [0.717, 1.165) is 43.7 Å². The van der Waals surface area contributed by atoms with Gasteiger partial charge in [0.15, 0.2) is 0 Å². The maximum Gasteiger partial charge on any atom is 0.0931 e. The van der Waals surface area contributed by atoms with Gasteiger partial charge in [0, 0.05) is 43.8 Å². The highest BCUT2D eigenvalue weighted by atomic mass is 35.5. The van der Waals surface area contributed by atoms with Crippen LogP contribution >= 0.6 is 34.5 Å². The highest BCUT2D eigenvalue weighted by Crippen LogP contribution is 2.23. The maximum absolute atomic E-state index is 5.96. The van der Waals surface area contributed by atoms with Crippen molar-refractivity contribution in [3.05, 3.63) is 38.8 Å². The first kappa shape index (κ1) is 14.4. The van der Waals surface area contributed by atoms with E-state index in [1.54, 1.807) is 17.5 Å². The Kier molecular flexibility index (Phi) is 4.63. The predicted octanol–water partition coefficient (Wildman–Crippen LogP) is 3.03. The molecule has 20 heavy (non-hydrogen) atoms. The van der Waals surface area contributed by atoms with Crippen LogP contribution in [0.4, 0.5) is 0 Å². The fourth-order valence-electron chi connectivity index (χ4n) is 2.37. The molecule has 0 aliphatic carbocycles. The molecule has 4 nitrogen and oxygen atoms in total. The van der Waals surface area contributed by atoms with Gasteiger partial charge in [-0.3, -0.25) is 14.5 Å². The van der Waals surface area contributed by atoms with E-state index in [4.69, 9.17) is 23.2 Å². The first-order valence-corrected chi connectivity index (χ1v) is 8.13. The fraction of sp³-hybridized carbons (Fsp3) is 0.462. The molecule has 0 bridgehead atoms. The van der Waals surface area contributed by atoms with Gasteiger partial charge in [-0.1, -0.05) is 23.2 Å². The van der Waals surface area contributed by atoms with E-state index < -0.39 is 0 Å². The zero-order chi connectivity index (χ0) is 13.9.